The summed E-state index contributed by atoms with van der Waals surface area (Å²) in [7, 11) is 4.59. The van der Waals surface area contributed by atoms with Gasteiger partial charge in [-0.1, -0.05) is 73.5 Å². The number of fused-ring (bicyclic) bond motifs is 1. The van der Waals surface area contributed by atoms with Crippen LogP contribution in [0.5, 0.6) is 11.5 Å². The molecule has 4 aromatic rings. The summed E-state index contributed by atoms with van der Waals surface area (Å²) in [6.45, 7) is 18.9. The fourth-order valence-electron chi connectivity index (χ4n) is 3.55. The third-order valence-corrected chi connectivity index (χ3v) is 6.20. The molecule has 0 saturated carbocycles. The van der Waals surface area contributed by atoms with Crippen LogP contribution in [0.25, 0.3) is 11.0 Å². The van der Waals surface area contributed by atoms with Gasteiger partial charge in [-0.15, -0.1) is 0 Å². The van der Waals surface area contributed by atoms with Crippen molar-refractivity contribution in [3.63, 3.8) is 0 Å². The zero-order chi connectivity index (χ0) is 32.8. The van der Waals surface area contributed by atoms with Gasteiger partial charge in [0.15, 0.2) is 11.4 Å². The van der Waals surface area contributed by atoms with Crippen molar-refractivity contribution in [3.8, 4) is 11.5 Å². The van der Waals surface area contributed by atoms with Gasteiger partial charge in [-0.05, 0) is 53.8 Å². The SMILES string of the molecule is CC.CC.CC.CC.CCc1ccc(OC)c(SNc2noc3cc(Cn4cc(CNC(=O)OC)cn4)cc(OC)c23)c1. The van der Waals surface area contributed by atoms with E-state index in [1.54, 1.807) is 25.1 Å². The van der Waals surface area contributed by atoms with Gasteiger partial charge in [0.05, 0.1) is 39.0 Å². The number of hydrogen-bond acceptors (Lipinski definition) is 9. The Morgan fingerprint density at radius 3 is 2.19 bits per heavy atom. The molecule has 2 aromatic heterocycles. The van der Waals surface area contributed by atoms with Gasteiger partial charge in [0, 0.05) is 18.3 Å². The van der Waals surface area contributed by atoms with E-state index in [9.17, 15) is 4.79 Å². The molecule has 10 nitrogen and oxygen atoms in total. The molecule has 4 rings (SSSR count). The third-order valence-electron chi connectivity index (χ3n) is 5.37. The lowest BCUT2D eigenvalue weighted by Gasteiger charge is -2.11. The molecule has 0 unspecified atom stereocenters. The molecule has 240 valence electrons. The average molecular weight is 618 g/mol. The van der Waals surface area contributed by atoms with Gasteiger partial charge in [0.1, 0.15) is 16.9 Å². The number of ether oxygens (including phenoxy) is 3. The Balaban J connectivity index is 0.00000204. The Labute approximate surface area is 262 Å². The molecule has 11 heteroatoms. The van der Waals surface area contributed by atoms with E-state index in [4.69, 9.17) is 14.0 Å². The Kier molecular flexibility index (Phi) is 20.7. The molecular weight excluding hydrogens is 566 g/mol. The first-order valence-corrected chi connectivity index (χ1v) is 15.8. The van der Waals surface area contributed by atoms with Crippen LogP contribution in [0.4, 0.5) is 10.6 Å². The van der Waals surface area contributed by atoms with Crippen LogP contribution in [0.2, 0.25) is 0 Å². The Morgan fingerprint density at radius 1 is 0.907 bits per heavy atom. The van der Waals surface area contributed by atoms with Crippen LogP contribution in [0, 0.1) is 0 Å². The monoisotopic (exact) mass is 617 g/mol. The second-order valence-electron chi connectivity index (χ2n) is 7.64. The van der Waals surface area contributed by atoms with Crippen molar-refractivity contribution in [1.29, 1.82) is 0 Å². The van der Waals surface area contributed by atoms with E-state index in [-0.39, 0.29) is 0 Å². The number of aryl methyl sites for hydroxylation is 1. The smallest absolute Gasteiger partial charge is 0.407 e. The van der Waals surface area contributed by atoms with Gasteiger partial charge in [-0.25, -0.2) is 4.79 Å². The number of rotatable bonds is 10. The van der Waals surface area contributed by atoms with E-state index in [0.29, 0.717) is 30.2 Å². The lowest BCUT2D eigenvalue weighted by molar-refractivity contribution is 0.170. The van der Waals surface area contributed by atoms with Gasteiger partial charge >= 0.3 is 6.09 Å². The minimum atomic E-state index is -0.489. The first-order chi connectivity index (χ1) is 21.0. The summed E-state index contributed by atoms with van der Waals surface area (Å²) < 4.78 is 26.4. The number of benzene rings is 2. The Hall–Kier alpha value is -3.86. The number of aromatic nitrogens is 3. The lowest BCUT2D eigenvalue weighted by atomic mass is 10.1. The van der Waals surface area contributed by atoms with Gasteiger partial charge < -0.3 is 28.8 Å². The number of nitrogens with one attached hydrogen (secondary N) is 2. The predicted octanol–water partition coefficient (Wildman–Crippen LogP) is 8.73. The van der Waals surface area contributed by atoms with Gasteiger partial charge in [-0.2, -0.15) is 5.10 Å². The fourth-order valence-corrected chi connectivity index (χ4v) is 4.36. The number of anilines is 1. The number of carbonyl (C=O) groups is 1. The van der Waals surface area contributed by atoms with Crippen molar-refractivity contribution < 1.29 is 23.5 Å². The maximum absolute atomic E-state index is 11.3. The summed E-state index contributed by atoms with van der Waals surface area (Å²) in [5, 5.41) is 12.0. The molecule has 0 aliphatic carbocycles. The zero-order valence-corrected chi connectivity index (χ0v) is 28.8. The molecule has 1 amide bonds. The van der Waals surface area contributed by atoms with Crippen LogP contribution in [0.3, 0.4) is 0 Å². The van der Waals surface area contributed by atoms with Gasteiger partial charge in [0.25, 0.3) is 0 Å². The number of nitrogens with zero attached hydrogens (tertiary/aromatic N) is 3. The second-order valence-corrected chi connectivity index (χ2v) is 8.48. The number of methoxy groups -OCH3 is 3. The zero-order valence-electron chi connectivity index (χ0n) is 28.0. The molecule has 0 atom stereocenters. The highest BCUT2D eigenvalue weighted by Crippen LogP contribution is 2.37. The molecule has 2 aromatic carbocycles. The second kappa shape index (κ2) is 22.7. The van der Waals surface area contributed by atoms with Crippen LogP contribution >= 0.6 is 11.9 Å². The molecule has 2 heterocycles. The van der Waals surface area contributed by atoms with E-state index in [1.165, 1.54) is 24.6 Å². The molecule has 0 aliphatic rings. The van der Waals surface area contributed by atoms with Crippen molar-refractivity contribution in [2.75, 3.05) is 26.1 Å². The van der Waals surface area contributed by atoms with E-state index < -0.39 is 6.09 Å². The van der Waals surface area contributed by atoms with Gasteiger partial charge in [-0.3, -0.25) is 4.68 Å². The van der Waals surface area contributed by atoms with E-state index >= 15 is 0 Å². The molecule has 0 aliphatic heterocycles. The third kappa shape index (κ3) is 11.7. The van der Waals surface area contributed by atoms with Crippen molar-refractivity contribution in [2.24, 2.45) is 0 Å². The summed E-state index contributed by atoms with van der Waals surface area (Å²) >= 11 is 1.40. The summed E-state index contributed by atoms with van der Waals surface area (Å²) in [5.74, 6) is 1.98. The van der Waals surface area contributed by atoms with Gasteiger partial charge in [0.2, 0.25) is 0 Å². The maximum Gasteiger partial charge on any atom is 0.407 e. The molecule has 0 fully saturated rings. The predicted molar refractivity (Wildman–Crippen MR) is 178 cm³/mol. The van der Waals surface area contributed by atoms with Crippen molar-refractivity contribution >= 4 is 34.8 Å². The molecule has 0 bridgehead atoms. The maximum atomic E-state index is 11.3. The normalized spacial score (nSPS) is 9.40. The fraction of sp³-hybridized carbons (Fsp3) is 0.469. The quantitative estimate of drug-likeness (QED) is 0.169. The van der Waals surface area contributed by atoms with E-state index in [1.807, 2.05) is 79.8 Å². The number of amides is 1. The summed E-state index contributed by atoms with van der Waals surface area (Å²) in [6, 6.07) is 9.95. The van der Waals surface area contributed by atoms with Crippen molar-refractivity contribution in [3.05, 3.63) is 59.4 Å². The van der Waals surface area contributed by atoms with E-state index in [2.05, 4.69) is 44.1 Å². The standard InChI is InChI=1S/C24H27N5O5S.4C2H6/c1-5-15-6-7-18(31-2)21(10-15)35-28-23-22-19(32-3)8-16(9-20(22)34-27-23)13-29-14-17(12-26-29)11-25-24(30)33-4;4*1-2/h6-10,12,14H,5,11,13H2,1-4H3,(H,25,30)(H,27,28);4*1-2H3. The van der Waals surface area contributed by atoms with E-state index in [0.717, 1.165) is 33.6 Å². The average Bonchev–Trinajstić information content (AvgIpc) is 3.72. The molecular formula is C32H51N5O5S. The molecule has 0 saturated heterocycles. The summed E-state index contributed by atoms with van der Waals surface area (Å²) in [4.78, 5) is 12.2. The minimum Gasteiger partial charge on any atom is -0.496 e. The molecule has 0 spiro atoms. The topological polar surface area (TPSA) is 113 Å². The van der Waals surface area contributed by atoms with Crippen LogP contribution < -0.4 is 19.5 Å². The van der Waals surface area contributed by atoms with Crippen LogP contribution in [0.15, 0.2) is 52.1 Å². The minimum absolute atomic E-state index is 0.329. The lowest BCUT2D eigenvalue weighted by Crippen LogP contribution is -2.21. The highest BCUT2D eigenvalue weighted by molar-refractivity contribution is 8.00. The molecule has 2 N–H and O–H groups in total. The van der Waals surface area contributed by atoms with Crippen molar-refractivity contribution in [1.82, 2.24) is 20.3 Å². The van der Waals surface area contributed by atoms with Crippen LogP contribution in [0.1, 0.15) is 79.0 Å². The highest BCUT2D eigenvalue weighted by Gasteiger charge is 2.17. The largest absolute Gasteiger partial charge is 0.496 e. The first kappa shape index (κ1) is 39.1. The number of hydrogen-bond donors (Lipinski definition) is 2. The number of carbonyl (C=O) groups excluding carboxylic acids is 1. The molecule has 0 radical (unpaired) electrons. The van der Waals surface area contributed by atoms with Crippen LogP contribution in [-0.2, 0) is 24.2 Å². The summed E-state index contributed by atoms with van der Waals surface area (Å²) in [5.41, 5.74) is 3.59. The van der Waals surface area contributed by atoms with Crippen LogP contribution in [-0.4, -0.2) is 42.4 Å². The first-order valence-electron chi connectivity index (χ1n) is 14.9. The Bertz CT molecular complexity index is 1320. The number of alkyl carbamates (subject to hydrolysis) is 1. The van der Waals surface area contributed by atoms with Crippen molar-refractivity contribution in [2.45, 2.75) is 86.7 Å². The molecule has 43 heavy (non-hydrogen) atoms. The Morgan fingerprint density at radius 2 is 1.58 bits per heavy atom. The highest BCUT2D eigenvalue weighted by atomic mass is 32.2. The summed E-state index contributed by atoms with van der Waals surface area (Å²) in [6.07, 6.45) is 3.99.